The van der Waals surface area contributed by atoms with E-state index in [0.29, 0.717) is 6.54 Å². The Morgan fingerprint density at radius 1 is 1.78 bits per heavy atom. The Hall–Kier alpha value is -0.610. The van der Waals surface area contributed by atoms with Crippen molar-refractivity contribution >= 4 is 5.91 Å². The molecule has 0 aromatic carbocycles. The van der Waals surface area contributed by atoms with Crippen molar-refractivity contribution in [2.45, 2.75) is 6.04 Å². The average Bonchev–Trinajstić information content (AvgIpc) is 1.81. The third-order valence-electron chi connectivity index (χ3n) is 1.42. The summed E-state index contributed by atoms with van der Waals surface area (Å²) in [6.45, 7) is 0.659. The number of nitrogens with zero attached hydrogens (tertiary/aromatic N) is 2. The highest BCUT2D eigenvalue weighted by atomic mass is 16.2. The summed E-state index contributed by atoms with van der Waals surface area (Å²) in [5, 5.41) is 3.34. The molecule has 0 saturated carbocycles. The SMILES string of the molecule is CN(C)N1CC(N)C1=O. The first kappa shape index (κ1) is 6.51. The molecule has 4 heteroatoms. The van der Waals surface area contributed by atoms with Gasteiger partial charge in [-0.3, -0.25) is 9.80 Å². The van der Waals surface area contributed by atoms with E-state index in [1.54, 1.807) is 10.0 Å². The topological polar surface area (TPSA) is 49.6 Å². The van der Waals surface area contributed by atoms with Gasteiger partial charge in [-0.15, -0.1) is 0 Å². The Morgan fingerprint density at radius 3 is 2.44 bits per heavy atom. The van der Waals surface area contributed by atoms with E-state index in [9.17, 15) is 4.79 Å². The summed E-state index contributed by atoms with van der Waals surface area (Å²) in [4.78, 5) is 10.8. The molecule has 1 rings (SSSR count). The lowest BCUT2D eigenvalue weighted by Crippen LogP contribution is -2.64. The summed E-state index contributed by atoms with van der Waals surface area (Å²) < 4.78 is 0. The Labute approximate surface area is 54.2 Å². The molecule has 4 nitrogen and oxygen atoms in total. The molecule has 1 amide bonds. The molecular weight excluding hydrogens is 118 g/mol. The number of rotatable bonds is 1. The third-order valence-corrected chi connectivity index (χ3v) is 1.42. The first-order valence-corrected chi connectivity index (χ1v) is 2.87. The van der Waals surface area contributed by atoms with E-state index in [2.05, 4.69) is 0 Å². The highest BCUT2D eigenvalue weighted by Crippen LogP contribution is 2.07. The molecule has 0 spiro atoms. The van der Waals surface area contributed by atoms with Crippen LogP contribution in [0.1, 0.15) is 0 Å². The van der Waals surface area contributed by atoms with Crippen LogP contribution in [-0.2, 0) is 4.79 Å². The van der Waals surface area contributed by atoms with Crippen LogP contribution < -0.4 is 5.73 Å². The van der Waals surface area contributed by atoms with Crippen molar-refractivity contribution in [3.05, 3.63) is 0 Å². The van der Waals surface area contributed by atoms with Gasteiger partial charge in [0.1, 0.15) is 6.04 Å². The lowest BCUT2D eigenvalue weighted by atomic mass is 10.1. The van der Waals surface area contributed by atoms with Gasteiger partial charge >= 0.3 is 0 Å². The van der Waals surface area contributed by atoms with E-state index in [1.165, 1.54) is 0 Å². The van der Waals surface area contributed by atoms with Crippen molar-refractivity contribution in [1.82, 2.24) is 10.0 Å². The molecule has 1 aliphatic rings. The van der Waals surface area contributed by atoms with E-state index in [0.717, 1.165) is 0 Å². The monoisotopic (exact) mass is 129 g/mol. The first-order chi connectivity index (χ1) is 4.13. The van der Waals surface area contributed by atoms with Gasteiger partial charge in [-0.2, -0.15) is 0 Å². The molecule has 1 atom stereocenters. The Balaban J connectivity index is 2.42. The second-order valence-corrected chi connectivity index (χ2v) is 2.37. The fourth-order valence-corrected chi connectivity index (χ4v) is 0.794. The van der Waals surface area contributed by atoms with Crippen LogP contribution in [0.25, 0.3) is 0 Å². The molecule has 0 aromatic heterocycles. The minimum Gasteiger partial charge on any atom is -0.318 e. The largest absolute Gasteiger partial charge is 0.318 e. The zero-order valence-corrected chi connectivity index (χ0v) is 5.66. The summed E-state index contributed by atoms with van der Waals surface area (Å²) in [5.74, 6) is 0.0139. The maximum Gasteiger partial charge on any atom is 0.255 e. The van der Waals surface area contributed by atoms with E-state index in [-0.39, 0.29) is 11.9 Å². The van der Waals surface area contributed by atoms with Crippen molar-refractivity contribution in [2.75, 3.05) is 20.6 Å². The molecule has 9 heavy (non-hydrogen) atoms. The van der Waals surface area contributed by atoms with Gasteiger partial charge in [-0.25, -0.2) is 5.01 Å². The van der Waals surface area contributed by atoms with Crippen molar-refractivity contribution in [1.29, 1.82) is 0 Å². The van der Waals surface area contributed by atoms with Crippen LogP contribution in [0, 0.1) is 0 Å². The number of hydrazine groups is 1. The van der Waals surface area contributed by atoms with Crippen LogP contribution >= 0.6 is 0 Å². The van der Waals surface area contributed by atoms with Crippen LogP contribution in [0.3, 0.4) is 0 Å². The van der Waals surface area contributed by atoms with Gasteiger partial charge in [0.15, 0.2) is 0 Å². The number of β-lactam (4-membered cyclic amide) rings is 1. The summed E-state index contributed by atoms with van der Waals surface area (Å²) in [7, 11) is 3.65. The van der Waals surface area contributed by atoms with Gasteiger partial charge in [0, 0.05) is 14.1 Å². The molecule has 0 aromatic rings. The molecule has 52 valence electrons. The lowest BCUT2D eigenvalue weighted by Gasteiger charge is -2.40. The van der Waals surface area contributed by atoms with Crippen LogP contribution in [0.5, 0.6) is 0 Å². The zero-order chi connectivity index (χ0) is 7.02. The summed E-state index contributed by atoms with van der Waals surface area (Å²) in [5.41, 5.74) is 5.33. The minimum absolute atomic E-state index is 0.0139. The first-order valence-electron chi connectivity index (χ1n) is 2.87. The molecule has 1 unspecified atom stereocenters. The molecule has 0 radical (unpaired) electrons. The minimum atomic E-state index is -0.257. The normalized spacial score (nSPS) is 26.9. The summed E-state index contributed by atoms with van der Waals surface area (Å²) in [6, 6.07) is -0.257. The lowest BCUT2D eigenvalue weighted by molar-refractivity contribution is -0.161. The van der Waals surface area contributed by atoms with Gasteiger partial charge in [0.25, 0.3) is 5.91 Å². The van der Waals surface area contributed by atoms with E-state index >= 15 is 0 Å². The molecule has 1 aliphatic heterocycles. The van der Waals surface area contributed by atoms with E-state index in [4.69, 9.17) is 5.73 Å². The number of carbonyl (C=O) groups excluding carboxylic acids is 1. The van der Waals surface area contributed by atoms with Gasteiger partial charge in [-0.1, -0.05) is 0 Å². The van der Waals surface area contributed by atoms with Crippen molar-refractivity contribution < 1.29 is 4.79 Å². The number of carbonyl (C=O) groups is 1. The number of hydrogen-bond acceptors (Lipinski definition) is 3. The Morgan fingerprint density at radius 2 is 2.33 bits per heavy atom. The van der Waals surface area contributed by atoms with Crippen LogP contribution in [0.4, 0.5) is 0 Å². The Bertz CT molecular complexity index is 134. The highest BCUT2D eigenvalue weighted by molar-refractivity contribution is 5.87. The maximum atomic E-state index is 10.8. The molecule has 0 aliphatic carbocycles. The second-order valence-electron chi connectivity index (χ2n) is 2.37. The highest BCUT2D eigenvalue weighted by Gasteiger charge is 2.34. The quantitative estimate of drug-likeness (QED) is 0.444. The molecule has 1 heterocycles. The smallest absolute Gasteiger partial charge is 0.255 e. The molecular formula is C5H11N3O. The van der Waals surface area contributed by atoms with Crippen molar-refractivity contribution in [3.8, 4) is 0 Å². The molecule has 1 saturated heterocycles. The molecule has 1 fully saturated rings. The second kappa shape index (κ2) is 1.97. The van der Waals surface area contributed by atoms with E-state index < -0.39 is 0 Å². The summed E-state index contributed by atoms with van der Waals surface area (Å²) >= 11 is 0. The number of hydrogen-bond donors (Lipinski definition) is 1. The Kier molecular flexibility index (Phi) is 1.42. The zero-order valence-electron chi connectivity index (χ0n) is 5.66. The van der Waals surface area contributed by atoms with Gasteiger partial charge < -0.3 is 5.73 Å². The van der Waals surface area contributed by atoms with Gasteiger partial charge in [0.05, 0.1) is 6.54 Å². The third kappa shape index (κ3) is 0.906. The van der Waals surface area contributed by atoms with Crippen molar-refractivity contribution in [2.24, 2.45) is 5.73 Å². The predicted octanol–water partition coefficient (Wildman–Crippen LogP) is -1.37. The molecule has 2 N–H and O–H groups in total. The fraction of sp³-hybridized carbons (Fsp3) is 0.800. The van der Waals surface area contributed by atoms with E-state index in [1.807, 2.05) is 14.1 Å². The maximum absolute atomic E-state index is 10.8. The van der Waals surface area contributed by atoms with Crippen molar-refractivity contribution in [3.63, 3.8) is 0 Å². The van der Waals surface area contributed by atoms with Gasteiger partial charge in [0.2, 0.25) is 0 Å². The van der Waals surface area contributed by atoms with Crippen LogP contribution in [0.15, 0.2) is 0 Å². The summed E-state index contributed by atoms with van der Waals surface area (Å²) in [6.07, 6.45) is 0. The standard InChI is InChI=1S/C5H11N3O/c1-7(2)8-3-4(6)5(8)9/h4H,3,6H2,1-2H3. The predicted molar refractivity (Wildman–Crippen MR) is 33.4 cm³/mol. The molecule has 0 bridgehead atoms. The van der Waals surface area contributed by atoms with Gasteiger partial charge in [-0.05, 0) is 0 Å². The number of nitrogens with two attached hydrogens (primary N) is 1. The average molecular weight is 129 g/mol. The number of amides is 1. The van der Waals surface area contributed by atoms with Crippen LogP contribution in [0.2, 0.25) is 0 Å². The fourth-order valence-electron chi connectivity index (χ4n) is 0.794. The van der Waals surface area contributed by atoms with Crippen LogP contribution in [-0.4, -0.2) is 42.6 Å².